The monoisotopic (exact) mass is 540 g/mol. The molecule has 0 saturated carbocycles. The van der Waals surface area contributed by atoms with Crippen LogP contribution in [0, 0.1) is 0 Å². The molecule has 0 spiro atoms. The number of halogens is 3. The summed E-state index contributed by atoms with van der Waals surface area (Å²) in [5.41, 5.74) is 3.12. The molecule has 0 aliphatic carbocycles. The first-order chi connectivity index (χ1) is 17.3. The average Bonchev–Trinajstić information content (AvgIpc) is 2.86. The van der Waals surface area contributed by atoms with Crippen molar-refractivity contribution in [1.29, 1.82) is 0 Å². The SMILES string of the molecule is CC(Oc1ccc(Cl)cc1)C(=O)NN=Cc1c(OC(=O)c2ccc(Cl)cc2Cl)ccc2ccccc12. The molecule has 6 nitrogen and oxygen atoms in total. The normalized spacial score (nSPS) is 11.9. The van der Waals surface area contributed by atoms with Gasteiger partial charge in [0.05, 0.1) is 16.8 Å². The Morgan fingerprint density at radius 3 is 2.39 bits per heavy atom. The Balaban J connectivity index is 1.54. The fourth-order valence-electron chi connectivity index (χ4n) is 3.33. The number of hydrogen-bond donors (Lipinski definition) is 1. The predicted octanol–water partition coefficient (Wildman–Crippen LogP) is 6.94. The summed E-state index contributed by atoms with van der Waals surface area (Å²) < 4.78 is 11.3. The van der Waals surface area contributed by atoms with Crippen molar-refractivity contribution < 1.29 is 19.1 Å². The van der Waals surface area contributed by atoms with Crippen LogP contribution in [0.15, 0.2) is 84.0 Å². The van der Waals surface area contributed by atoms with Gasteiger partial charge in [0.15, 0.2) is 6.10 Å². The first kappa shape index (κ1) is 25.5. The third-order valence-corrected chi connectivity index (χ3v) is 5.95. The topological polar surface area (TPSA) is 77.0 Å². The number of benzene rings is 4. The molecule has 0 aromatic heterocycles. The zero-order chi connectivity index (χ0) is 25.7. The summed E-state index contributed by atoms with van der Waals surface area (Å²) in [6, 6.07) is 22.1. The molecule has 4 aromatic rings. The Labute approximate surface area is 222 Å². The van der Waals surface area contributed by atoms with Crippen LogP contribution < -0.4 is 14.9 Å². The Bertz CT molecular complexity index is 1460. The number of esters is 1. The van der Waals surface area contributed by atoms with Crippen molar-refractivity contribution in [1.82, 2.24) is 5.43 Å². The molecule has 0 heterocycles. The van der Waals surface area contributed by atoms with E-state index in [-0.39, 0.29) is 16.3 Å². The van der Waals surface area contributed by atoms with Crippen LogP contribution >= 0.6 is 34.8 Å². The van der Waals surface area contributed by atoms with E-state index in [4.69, 9.17) is 44.3 Å². The zero-order valence-electron chi connectivity index (χ0n) is 18.9. The van der Waals surface area contributed by atoms with Crippen molar-refractivity contribution in [3.63, 3.8) is 0 Å². The van der Waals surface area contributed by atoms with Gasteiger partial charge in [0.25, 0.3) is 5.91 Å². The van der Waals surface area contributed by atoms with Crippen LogP contribution in [-0.2, 0) is 4.79 Å². The van der Waals surface area contributed by atoms with Gasteiger partial charge in [0.1, 0.15) is 11.5 Å². The van der Waals surface area contributed by atoms with Crippen LogP contribution in [0.2, 0.25) is 15.1 Å². The largest absolute Gasteiger partial charge is 0.481 e. The molecule has 0 radical (unpaired) electrons. The highest BCUT2D eigenvalue weighted by molar-refractivity contribution is 6.36. The minimum absolute atomic E-state index is 0.165. The maximum Gasteiger partial charge on any atom is 0.345 e. The third kappa shape index (κ3) is 6.15. The Hall–Kier alpha value is -3.58. The van der Waals surface area contributed by atoms with E-state index >= 15 is 0 Å². The summed E-state index contributed by atoms with van der Waals surface area (Å²) in [7, 11) is 0. The predicted molar refractivity (Wildman–Crippen MR) is 143 cm³/mol. The number of amides is 1. The van der Waals surface area contributed by atoms with Crippen LogP contribution in [0.3, 0.4) is 0 Å². The summed E-state index contributed by atoms with van der Waals surface area (Å²) in [5.74, 6) is -0.383. The number of rotatable bonds is 7. The van der Waals surface area contributed by atoms with Crippen LogP contribution in [-0.4, -0.2) is 24.2 Å². The molecule has 0 bridgehead atoms. The fourth-order valence-corrected chi connectivity index (χ4v) is 3.94. The summed E-state index contributed by atoms with van der Waals surface area (Å²) >= 11 is 18.0. The van der Waals surface area contributed by atoms with E-state index in [1.807, 2.05) is 30.3 Å². The third-order valence-electron chi connectivity index (χ3n) is 5.15. The minimum Gasteiger partial charge on any atom is -0.481 e. The van der Waals surface area contributed by atoms with Gasteiger partial charge < -0.3 is 9.47 Å². The van der Waals surface area contributed by atoms with E-state index in [9.17, 15) is 9.59 Å². The second-order valence-electron chi connectivity index (χ2n) is 7.66. The second-order valence-corrected chi connectivity index (χ2v) is 8.94. The Kier molecular flexibility index (Phi) is 8.10. The van der Waals surface area contributed by atoms with Gasteiger partial charge in [-0.2, -0.15) is 5.10 Å². The summed E-state index contributed by atoms with van der Waals surface area (Å²) in [5, 5.41) is 6.89. The van der Waals surface area contributed by atoms with Gasteiger partial charge in [-0.25, -0.2) is 10.2 Å². The van der Waals surface area contributed by atoms with Gasteiger partial charge in [0, 0.05) is 15.6 Å². The van der Waals surface area contributed by atoms with E-state index < -0.39 is 18.0 Å². The average molecular weight is 542 g/mol. The molecule has 1 unspecified atom stereocenters. The Morgan fingerprint density at radius 2 is 1.64 bits per heavy atom. The molecule has 1 N–H and O–H groups in total. The molecule has 36 heavy (non-hydrogen) atoms. The Morgan fingerprint density at radius 1 is 0.917 bits per heavy atom. The molecule has 4 rings (SSSR count). The van der Waals surface area contributed by atoms with Crippen molar-refractivity contribution >= 4 is 63.7 Å². The molecule has 9 heteroatoms. The van der Waals surface area contributed by atoms with Gasteiger partial charge >= 0.3 is 5.97 Å². The highest BCUT2D eigenvalue weighted by atomic mass is 35.5. The van der Waals surface area contributed by atoms with Gasteiger partial charge in [-0.15, -0.1) is 0 Å². The lowest BCUT2D eigenvalue weighted by Gasteiger charge is -2.13. The van der Waals surface area contributed by atoms with E-state index in [0.29, 0.717) is 21.4 Å². The molecule has 0 saturated heterocycles. The highest BCUT2D eigenvalue weighted by Gasteiger charge is 2.17. The zero-order valence-corrected chi connectivity index (χ0v) is 21.1. The molecule has 0 fully saturated rings. The quantitative estimate of drug-likeness (QED) is 0.119. The molecule has 1 amide bonds. The van der Waals surface area contributed by atoms with Crippen molar-refractivity contribution in [3.8, 4) is 11.5 Å². The standard InChI is InChI=1S/C27H19Cl3N2O4/c1-16(35-20-10-7-18(28)8-11-20)26(33)32-31-15-23-21-5-3-2-4-17(21)6-13-25(23)36-27(34)22-12-9-19(29)14-24(22)30/h2-16H,1H3,(H,32,33). The number of fused-ring (bicyclic) bond motifs is 1. The van der Waals surface area contributed by atoms with Gasteiger partial charge in [-0.1, -0.05) is 65.1 Å². The van der Waals surface area contributed by atoms with Gasteiger partial charge in [-0.05, 0) is 66.2 Å². The number of hydrogen-bond acceptors (Lipinski definition) is 5. The molecule has 1 atom stereocenters. The summed E-state index contributed by atoms with van der Waals surface area (Å²) in [6.45, 7) is 1.60. The number of ether oxygens (including phenoxy) is 2. The molecule has 182 valence electrons. The number of carbonyl (C=O) groups is 2. The fraction of sp³-hybridized carbons (Fsp3) is 0.0741. The van der Waals surface area contributed by atoms with Crippen LogP contribution in [0.25, 0.3) is 10.8 Å². The number of carbonyl (C=O) groups excluding carboxylic acids is 2. The first-order valence-electron chi connectivity index (χ1n) is 10.8. The van der Waals surface area contributed by atoms with E-state index in [2.05, 4.69) is 10.5 Å². The van der Waals surface area contributed by atoms with Crippen LogP contribution in [0.5, 0.6) is 11.5 Å². The van der Waals surface area contributed by atoms with E-state index in [1.165, 1.54) is 18.3 Å². The van der Waals surface area contributed by atoms with Crippen LogP contribution in [0.4, 0.5) is 0 Å². The lowest BCUT2D eigenvalue weighted by atomic mass is 10.0. The minimum atomic E-state index is -0.819. The smallest absolute Gasteiger partial charge is 0.345 e. The van der Waals surface area contributed by atoms with Gasteiger partial charge in [0.2, 0.25) is 0 Å². The lowest BCUT2D eigenvalue weighted by Crippen LogP contribution is -2.33. The maximum absolute atomic E-state index is 12.8. The maximum atomic E-state index is 12.8. The molecular formula is C27H19Cl3N2O4. The van der Waals surface area contributed by atoms with E-state index in [0.717, 1.165) is 10.8 Å². The van der Waals surface area contributed by atoms with Crippen LogP contribution in [0.1, 0.15) is 22.8 Å². The molecule has 0 aliphatic rings. The first-order valence-corrected chi connectivity index (χ1v) is 11.9. The summed E-state index contributed by atoms with van der Waals surface area (Å²) in [6.07, 6.45) is 0.599. The van der Waals surface area contributed by atoms with Crippen molar-refractivity contribution in [2.75, 3.05) is 0 Å². The van der Waals surface area contributed by atoms with Gasteiger partial charge in [-0.3, -0.25) is 4.79 Å². The van der Waals surface area contributed by atoms with E-state index in [1.54, 1.807) is 43.3 Å². The van der Waals surface area contributed by atoms with Crippen molar-refractivity contribution in [2.45, 2.75) is 13.0 Å². The number of hydrazone groups is 1. The molecule has 4 aromatic carbocycles. The second kappa shape index (κ2) is 11.4. The lowest BCUT2D eigenvalue weighted by molar-refractivity contribution is -0.127. The molecular weight excluding hydrogens is 523 g/mol. The number of nitrogens with one attached hydrogen (secondary N) is 1. The summed E-state index contributed by atoms with van der Waals surface area (Å²) in [4.78, 5) is 25.3. The van der Waals surface area contributed by atoms with Crippen molar-refractivity contribution in [2.24, 2.45) is 5.10 Å². The number of nitrogens with zero attached hydrogens (tertiary/aromatic N) is 1. The van der Waals surface area contributed by atoms with Crippen molar-refractivity contribution in [3.05, 3.63) is 105 Å². The molecule has 0 aliphatic heterocycles. The highest BCUT2D eigenvalue weighted by Crippen LogP contribution is 2.29.